The van der Waals surface area contributed by atoms with Gasteiger partial charge in [-0.05, 0) is 26.0 Å². The van der Waals surface area contributed by atoms with Crippen molar-refractivity contribution in [1.82, 2.24) is 9.38 Å². The molecule has 0 spiro atoms. The van der Waals surface area contributed by atoms with Crippen molar-refractivity contribution >= 4 is 37.9 Å². The zero-order valence-electron chi connectivity index (χ0n) is 11.4. The number of aryl methyl sites for hydroxylation is 2. The molecule has 1 aromatic carbocycles. The molecule has 3 rings (SSSR count). The van der Waals surface area contributed by atoms with E-state index in [1.54, 1.807) is 11.3 Å². The molecule has 0 radical (unpaired) electrons. The molecule has 7 heteroatoms. The molecule has 0 fully saturated rings. The number of imidazole rings is 1. The van der Waals surface area contributed by atoms with Crippen LogP contribution in [0.15, 0.2) is 22.8 Å². The summed E-state index contributed by atoms with van der Waals surface area (Å²) in [6, 6.07) is 2.47. The SMILES string of the molecule is Cc1cn2c(CNc3c(F)cc(Br)cc3F)c(C)nc2s1. The lowest BCUT2D eigenvalue weighted by Crippen LogP contribution is -2.07. The van der Waals surface area contributed by atoms with Gasteiger partial charge in [0.15, 0.2) is 4.96 Å². The van der Waals surface area contributed by atoms with E-state index in [9.17, 15) is 8.78 Å². The first-order valence-corrected chi connectivity index (χ1v) is 7.89. The number of rotatable bonds is 3. The standard InChI is InChI=1S/C14H12BrF2N3S/c1-7-6-20-12(8(2)19-14(20)21-7)5-18-13-10(16)3-9(15)4-11(13)17/h3-4,6,18H,5H2,1-2H3. The van der Waals surface area contributed by atoms with E-state index in [-0.39, 0.29) is 5.69 Å². The molecule has 1 N–H and O–H groups in total. The zero-order valence-corrected chi connectivity index (χ0v) is 13.8. The average molecular weight is 372 g/mol. The number of aromatic nitrogens is 2. The van der Waals surface area contributed by atoms with Crippen LogP contribution in [0, 0.1) is 25.5 Å². The Morgan fingerprint density at radius 2 is 1.95 bits per heavy atom. The Labute approximate surface area is 132 Å². The van der Waals surface area contributed by atoms with Crippen LogP contribution in [0.25, 0.3) is 4.96 Å². The van der Waals surface area contributed by atoms with Gasteiger partial charge in [0, 0.05) is 15.5 Å². The maximum Gasteiger partial charge on any atom is 0.194 e. The van der Waals surface area contributed by atoms with Gasteiger partial charge < -0.3 is 5.32 Å². The third kappa shape index (κ3) is 2.67. The second-order valence-corrected chi connectivity index (χ2v) is 6.87. The first-order chi connectivity index (χ1) is 9.95. The molecule has 0 unspecified atom stereocenters. The van der Waals surface area contributed by atoms with Gasteiger partial charge in [0.1, 0.15) is 17.3 Å². The molecule has 0 aliphatic heterocycles. The number of nitrogens with zero attached hydrogens (tertiary/aromatic N) is 2. The lowest BCUT2D eigenvalue weighted by atomic mass is 10.2. The van der Waals surface area contributed by atoms with Gasteiger partial charge >= 0.3 is 0 Å². The molecule has 0 atom stereocenters. The minimum Gasteiger partial charge on any atom is -0.375 e. The van der Waals surface area contributed by atoms with Crippen molar-refractivity contribution in [3.05, 3.63) is 50.7 Å². The smallest absolute Gasteiger partial charge is 0.194 e. The number of anilines is 1. The molecular weight excluding hydrogens is 360 g/mol. The summed E-state index contributed by atoms with van der Waals surface area (Å²) in [4.78, 5) is 6.48. The van der Waals surface area contributed by atoms with E-state index < -0.39 is 11.6 Å². The molecule has 2 heterocycles. The zero-order chi connectivity index (χ0) is 15.1. The number of fused-ring (bicyclic) bond motifs is 1. The van der Waals surface area contributed by atoms with Crippen LogP contribution in [0.1, 0.15) is 16.3 Å². The highest BCUT2D eigenvalue weighted by molar-refractivity contribution is 9.10. The van der Waals surface area contributed by atoms with Crippen molar-refractivity contribution in [2.45, 2.75) is 20.4 Å². The third-order valence-corrected chi connectivity index (χ3v) is 4.54. The van der Waals surface area contributed by atoms with Crippen molar-refractivity contribution in [1.29, 1.82) is 0 Å². The fourth-order valence-corrected chi connectivity index (χ4v) is 3.50. The summed E-state index contributed by atoms with van der Waals surface area (Å²) in [6.45, 7) is 4.19. The molecule has 0 amide bonds. The Balaban J connectivity index is 1.92. The number of thiazole rings is 1. The van der Waals surface area contributed by atoms with E-state index in [0.29, 0.717) is 11.0 Å². The Bertz CT molecular complexity index is 802. The average Bonchev–Trinajstić information content (AvgIpc) is 2.84. The monoisotopic (exact) mass is 371 g/mol. The maximum atomic E-state index is 13.8. The van der Waals surface area contributed by atoms with Gasteiger partial charge in [0.2, 0.25) is 0 Å². The lowest BCUT2D eigenvalue weighted by Gasteiger charge is -2.09. The second-order valence-electron chi connectivity index (χ2n) is 4.74. The molecule has 0 bridgehead atoms. The van der Waals surface area contributed by atoms with Gasteiger partial charge in [-0.1, -0.05) is 15.9 Å². The number of nitrogens with one attached hydrogen (secondary N) is 1. The summed E-state index contributed by atoms with van der Waals surface area (Å²) in [6.07, 6.45) is 1.98. The molecule has 110 valence electrons. The molecule has 0 aliphatic rings. The fourth-order valence-electron chi connectivity index (χ4n) is 2.21. The minimum absolute atomic E-state index is 0.125. The van der Waals surface area contributed by atoms with E-state index in [4.69, 9.17) is 0 Å². The Kier molecular flexibility index (Phi) is 3.71. The van der Waals surface area contributed by atoms with Gasteiger partial charge in [0.25, 0.3) is 0 Å². The van der Waals surface area contributed by atoms with E-state index in [1.165, 1.54) is 12.1 Å². The van der Waals surface area contributed by atoms with E-state index in [2.05, 4.69) is 26.2 Å². The summed E-state index contributed by atoms with van der Waals surface area (Å²) < 4.78 is 29.9. The second kappa shape index (κ2) is 5.38. The van der Waals surface area contributed by atoms with Crippen LogP contribution in [-0.4, -0.2) is 9.38 Å². The summed E-state index contributed by atoms with van der Waals surface area (Å²) >= 11 is 4.65. The van der Waals surface area contributed by atoms with Gasteiger partial charge in [-0.15, -0.1) is 11.3 Å². The summed E-state index contributed by atoms with van der Waals surface area (Å²) in [5.41, 5.74) is 1.63. The van der Waals surface area contributed by atoms with Crippen molar-refractivity contribution < 1.29 is 8.78 Å². The quantitative estimate of drug-likeness (QED) is 0.724. The van der Waals surface area contributed by atoms with Crippen molar-refractivity contribution in [3.63, 3.8) is 0 Å². The lowest BCUT2D eigenvalue weighted by molar-refractivity contribution is 0.586. The van der Waals surface area contributed by atoms with Crippen LogP contribution in [0.5, 0.6) is 0 Å². The molecular formula is C14H12BrF2N3S. The highest BCUT2D eigenvalue weighted by Gasteiger charge is 2.14. The summed E-state index contributed by atoms with van der Waals surface area (Å²) in [5.74, 6) is -1.25. The van der Waals surface area contributed by atoms with E-state index in [1.807, 2.05) is 24.4 Å². The molecule has 3 nitrogen and oxygen atoms in total. The predicted molar refractivity (Wildman–Crippen MR) is 83.9 cm³/mol. The Morgan fingerprint density at radius 3 is 2.62 bits per heavy atom. The van der Waals surface area contributed by atoms with Gasteiger partial charge in [-0.3, -0.25) is 4.40 Å². The van der Waals surface area contributed by atoms with Crippen LogP contribution >= 0.6 is 27.3 Å². The highest BCUT2D eigenvalue weighted by atomic mass is 79.9. The molecule has 3 aromatic rings. The Hall–Kier alpha value is -1.47. The van der Waals surface area contributed by atoms with Crippen LogP contribution < -0.4 is 5.32 Å². The number of hydrogen-bond acceptors (Lipinski definition) is 3. The summed E-state index contributed by atoms with van der Waals surface area (Å²) in [7, 11) is 0. The maximum absolute atomic E-state index is 13.8. The molecule has 0 saturated heterocycles. The van der Waals surface area contributed by atoms with Crippen LogP contribution in [0.2, 0.25) is 0 Å². The number of hydrogen-bond donors (Lipinski definition) is 1. The predicted octanol–water partition coefficient (Wildman–Crippen LogP) is 4.67. The Morgan fingerprint density at radius 1 is 1.29 bits per heavy atom. The van der Waals surface area contributed by atoms with E-state index >= 15 is 0 Å². The van der Waals surface area contributed by atoms with Gasteiger partial charge in [0.05, 0.1) is 17.9 Å². The van der Waals surface area contributed by atoms with Crippen molar-refractivity contribution in [2.24, 2.45) is 0 Å². The van der Waals surface area contributed by atoms with Gasteiger partial charge in [-0.2, -0.15) is 0 Å². The molecule has 21 heavy (non-hydrogen) atoms. The molecule has 2 aromatic heterocycles. The number of halogens is 3. The normalized spacial score (nSPS) is 11.3. The molecule has 0 saturated carbocycles. The van der Waals surface area contributed by atoms with Crippen molar-refractivity contribution in [2.75, 3.05) is 5.32 Å². The van der Waals surface area contributed by atoms with E-state index in [0.717, 1.165) is 21.2 Å². The largest absolute Gasteiger partial charge is 0.375 e. The van der Waals surface area contributed by atoms with Gasteiger partial charge in [-0.25, -0.2) is 13.8 Å². The topological polar surface area (TPSA) is 29.3 Å². The first kappa shape index (κ1) is 14.5. The fraction of sp³-hybridized carbons (Fsp3) is 0.214. The minimum atomic E-state index is -0.623. The first-order valence-electron chi connectivity index (χ1n) is 6.28. The van der Waals surface area contributed by atoms with Crippen LogP contribution in [0.3, 0.4) is 0 Å². The number of benzene rings is 1. The molecule has 0 aliphatic carbocycles. The van der Waals surface area contributed by atoms with Crippen LogP contribution in [-0.2, 0) is 6.54 Å². The highest BCUT2D eigenvalue weighted by Crippen LogP contribution is 2.26. The third-order valence-electron chi connectivity index (χ3n) is 3.18. The van der Waals surface area contributed by atoms with Crippen molar-refractivity contribution in [3.8, 4) is 0 Å². The van der Waals surface area contributed by atoms with Crippen LogP contribution in [0.4, 0.5) is 14.5 Å². The summed E-state index contributed by atoms with van der Waals surface area (Å²) in [5, 5.41) is 2.83.